The van der Waals surface area contributed by atoms with Crippen LogP contribution < -0.4 is 16.2 Å². The maximum Gasteiger partial charge on any atom is 0.172 e. The first-order valence-corrected chi connectivity index (χ1v) is 6.65. The molecule has 1 saturated heterocycles. The molecule has 1 aromatic carbocycles. The van der Waals surface area contributed by atoms with Gasteiger partial charge in [0.15, 0.2) is 5.78 Å². The fraction of sp³-hybridized carbons (Fsp3) is 0.417. The van der Waals surface area contributed by atoms with Gasteiger partial charge in [-0.1, -0.05) is 12.1 Å². The average Bonchev–Trinajstić information content (AvgIpc) is 2.82. The Kier molecular flexibility index (Phi) is 4.17. The summed E-state index contributed by atoms with van der Waals surface area (Å²) in [5.41, 5.74) is 9.29. The van der Waals surface area contributed by atoms with Gasteiger partial charge in [-0.2, -0.15) is 0 Å². The van der Waals surface area contributed by atoms with E-state index in [1.165, 1.54) is 11.1 Å². The van der Waals surface area contributed by atoms with Crippen LogP contribution in [0.4, 0.5) is 0 Å². The van der Waals surface area contributed by atoms with Crippen LogP contribution >= 0.6 is 11.8 Å². The normalized spacial score (nSPS) is 19.5. The van der Waals surface area contributed by atoms with E-state index >= 15 is 0 Å². The molecule has 0 radical (unpaired) electrons. The van der Waals surface area contributed by atoms with Crippen molar-refractivity contribution in [1.29, 1.82) is 0 Å². The minimum absolute atomic E-state index is 0.116. The van der Waals surface area contributed by atoms with Crippen LogP contribution in [0.5, 0.6) is 0 Å². The summed E-state index contributed by atoms with van der Waals surface area (Å²) in [5, 5.41) is 3.17. The summed E-state index contributed by atoms with van der Waals surface area (Å²) in [6, 6.07) is 5.87. The van der Waals surface area contributed by atoms with Crippen molar-refractivity contribution in [3.8, 4) is 0 Å². The second kappa shape index (κ2) is 5.64. The first-order chi connectivity index (χ1) is 8.16. The Morgan fingerprint density at radius 1 is 1.41 bits per heavy atom. The Hall–Kier alpha value is -0.880. The smallest absolute Gasteiger partial charge is 0.172 e. The van der Waals surface area contributed by atoms with Crippen molar-refractivity contribution < 1.29 is 4.79 Å². The van der Waals surface area contributed by atoms with Gasteiger partial charge in [0.05, 0.1) is 12.4 Å². The van der Waals surface area contributed by atoms with E-state index in [2.05, 4.69) is 23.1 Å². The maximum absolute atomic E-state index is 12.0. The Balaban J connectivity index is 1.92. The second-order valence-corrected chi connectivity index (χ2v) is 5.21. The number of Topliss-reactive ketones (excluding diaryl/α,β-unsaturated/α-hetero) is 1. The van der Waals surface area contributed by atoms with Gasteiger partial charge < -0.3 is 0 Å². The molecule has 92 valence electrons. The molecule has 0 spiro atoms. The molecule has 4 nitrogen and oxygen atoms in total. The lowest BCUT2D eigenvalue weighted by Gasteiger charge is -2.09. The number of hydrogen-bond donors (Lipinski definition) is 3. The number of ketones is 1. The van der Waals surface area contributed by atoms with Crippen LogP contribution in [0.1, 0.15) is 21.5 Å². The molecule has 0 saturated carbocycles. The van der Waals surface area contributed by atoms with E-state index in [-0.39, 0.29) is 11.3 Å². The largest absolute Gasteiger partial charge is 0.293 e. The third-order valence-electron chi connectivity index (χ3n) is 2.82. The summed E-state index contributed by atoms with van der Waals surface area (Å²) in [7, 11) is 0. The van der Waals surface area contributed by atoms with Gasteiger partial charge in [0.25, 0.3) is 0 Å². The van der Waals surface area contributed by atoms with E-state index in [1.54, 1.807) is 11.8 Å². The molecule has 0 bridgehead atoms. The lowest BCUT2D eigenvalue weighted by atomic mass is 10.0. The van der Waals surface area contributed by atoms with Gasteiger partial charge in [-0.15, -0.1) is 11.8 Å². The lowest BCUT2D eigenvalue weighted by Crippen LogP contribution is -2.31. The fourth-order valence-electron chi connectivity index (χ4n) is 1.60. The molecule has 3 N–H and O–H groups in total. The van der Waals surface area contributed by atoms with Gasteiger partial charge in [0.2, 0.25) is 0 Å². The molecule has 1 aliphatic rings. The van der Waals surface area contributed by atoms with Crippen LogP contribution in [0.25, 0.3) is 0 Å². The Bertz CT molecular complexity index is 416. The summed E-state index contributed by atoms with van der Waals surface area (Å²) in [6.07, 6.45) is 0. The zero-order valence-corrected chi connectivity index (χ0v) is 10.9. The van der Waals surface area contributed by atoms with Gasteiger partial charge >= 0.3 is 0 Å². The monoisotopic (exact) mass is 251 g/mol. The zero-order chi connectivity index (χ0) is 12.3. The Morgan fingerprint density at radius 2 is 2.24 bits per heavy atom. The minimum Gasteiger partial charge on any atom is -0.293 e. The molecule has 17 heavy (non-hydrogen) atoms. The van der Waals surface area contributed by atoms with E-state index in [4.69, 9.17) is 0 Å². The van der Waals surface area contributed by atoms with Crippen molar-refractivity contribution in [2.24, 2.45) is 0 Å². The van der Waals surface area contributed by atoms with E-state index in [0.717, 1.165) is 12.2 Å². The van der Waals surface area contributed by atoms with E-state index < -0.39 is 0 Å². The molecule has 1 fully saturated rings. The summed E-state index contributed by atoms with van der Waals surface area (Å²) in [4.78, 5) is 12.0. The van der Waals surface area contributed by atoms with Gasteiger partial charge in [-0.3, -0.25) is 10.1 Å². The number of carbonyl (C=O) groups is 1. The zero-order valence-electron chi connectivity index (χ0n) is 10.0. The van der Waals surface area contributed by atoms with Crippen LogP contribution in [0.2, 0.25) is 0 Å². The molecule has 1 aromatic rings. The van der Waals surface area contributed by atoms with Gasteiger partial charge in [-0.05, 0) is 31.0 Å². The number of carbonyl (C=O) groups excluding carboxylic acids is 1. The summed E-state index contributed by atoms with van der Waals surface area (Å²) in [6.45, 7) is 4.81. The highest BCUT2D eigenvalue weighted by Crippen LogP contribution is 2.14. The van der Waals surface area contributed by atoms with Crippen molar-refractivity contribution in [2.75, 3.05) is 12.4 Å². The maximum atomic E-state index is 12.0. The molecule has 0 aliphatic carbocycles. The highest BCUT2D eigenvalue weighted by Gasteiger charge is 2.15. The number of thioether (sulfide) groups is 1. The van der Waals surface area contributed by atoms with Crippen molar-refractivity contribution in [3.63, 3.8) is 0 Å². The molecule has 1 heterocycles. The van der Waals surface area contributed by atoms with E-state index in [0.29, 0.717) is 5.75 Å². The van der Waals surface area contributed by atoms with E-state index in [9.17, 15) is 4.79 Å². The standard InChI is InChI=1S/C12H17N3OS/c1-8-3-4-10(5-9(8)2)11(16)6-17-12-13-7-14-15-12/h3-5,12-15H,6-7H2,1-2H3. The molecule has 2 rings (SSSR count). The first-order valence-electron chi connectivity index (χ1n) is 5.60. The molecule has 1 aliphatic heterocycles. The van der Waals surface area contributed by atoms with Crippen LogP contribution in [0, 0.1) is 13.8 Å². The first kappa shape index (κ1) is 12.6. The minimum atomic E-state index is 0.116. The van der Waals surface area contributed by atoms with Gasteiger partial charge in [-0.25, -0.2) is 10.9 Å². The van der Waals surface area contributed by atoms with Crippen molar-refractivity contribution >= 4 is 17.5 Å². The third-order valence-corrected chi connectivity index (χ3v) is 3.87. The number of hydrogen-bond acceptors (Lipinski definition) is 5. The topological polar surface area (TPSA) is 53.2 Å². The number of nitrogens with one attached hydrogen (secondary N) is 3. The predicted octanol–water partition coefficient (Wildman–Crippen LogP) is 1.16. The lowest BCUT2D eigenvalue weighted by molar-refractivity contribution is 0.102. The average molecular weight is 251 g/mol. The molecule has 0 aromatic heterocycles. The number of aryl methyl sites for hydroxylation is 2. The highest BCUT2D eigenvalue weighted by atomic mass is 32.2. The Morgan fingerprint density at radius 3 is 2.88 bits per heavy atom. The van der Waals surface area contributed by atoms with Crippen molar-refractivity contribution in [2.45, 2.75) is 19.3 Å². The van der Waals surface area contributed by atoms with E-state index in [1.807, 2.05) is 25.1 Å². The van der Waals surface area contributed by atoms with Gasteiger partial charge in [0, 0.05) is 5.56 Å². The van der Waals surface area contributed by atoms with Crippen molar-refractivity contribution in [1.82, 2.24) is 16.2 Å². The van der Waals surface area contributed by atoms with Crippen molar-refractivity contribution in [3.05, 3.63) is 34.9 Å². The molecule has 1 atom stereocenters. The number of rotatable bonds is 4. The molecular formula is C12H17N3OS. The van der Waals surface area contributed by atoms with Gasteiger partial charge in [0.1, 0.15) is 5.50 Å². The molecular weight excluding hydrogens is 234 g/mol. The van der Waals surface area contributed by atoms with Crippen LogP contribution in [0.15, 0.2) is 18.2 Å². The van der Waals surface area contributed by atoms with Crippen LogP contribution in [0.3, 0.4) is 0 Å². The van der Waals surface area contributed by atoms with Crippen LogP contribution in [-0.2, 0) is 0 Å². The second-order valence-electron chi connectivity index (χ2n) is 4.12. The fourth-order valence-corrected chi connectivity index (χ4v) is 2.45. The Labute approximate surface area is 106 Å². The highest BCUT2D eigenvalue weighted by molar-refractivity contribution is 8.00. The summed E-state index contributed by atoms with van der Waals surface area (Å²) in [5.74, 6) is 0.656. The molecule has 5 heteroatoms. The third kappa shape index (κ3) is 3.29. The molecule has 1 unspecified atom stereocenters. The SMILES string of the molecule is Cc1ccc(C(=O)CSC2NCNN2)cc1C. The van der Waals surface area contributed by atoms with Crippen LogP contribution in [-0.4, -0.2) is 23.7 Å². The predicted molar refractivity (Wildman–Crippen MR) is 70.8 cm³/mol. The summed E-state index contributed by atoms with van der Waals surface area (Å²) < 4.78 is 0. The number of hydrazine groups is 1. The quantitative estimate of drug-likeness (QED) is 0.701. The molecule has 0 amide bonds. The summed E-state index contributed by atoms with van der Waals surface area (Å²) >= 11 is 1.56. The number of benzene rings is 1.